The van der Waals surface area contributed by atoms with Crippen molar-refractivity contribution in [2.24, 2.45) is 0 Å². The van der Waals surface area contributed by atoms with Crippen LogP contribution in [0.4, 0.5) is 0 Å². The fraction of sp³-hybridized carbons (Fsp3) is 0. The van der Waals surface area contributed by atoms with E-state index in [9.17, 15) is 9.90 Å². The molecule has 1 aromatic heterocycles. The van der Waals surface area contributed by atoms with Gasteiger partial charge in [0.25, 0.3) is 0 Å². The van der Waals surface area contributed by atoms with Crippen molar-refractivity contribution in [3.8, 4) is 11.4 Å². The number of aromatic hydroxyl groups is 1. The zero-order valence-electron chi connectivity index (χ0n) is 9.22. The Bertz CT molecular complexity index is 772. The van der Waals surface area contributed by atoms with Gasteiger partial charge in [-0.25, -0.2) is 4.79 Å². The van der Waals surface area contributed by atoms with Gasteiger partial charge in [-0.3, -0.25) is 4.57 Å². The molecule has 3 aromatic rings. The van der Waals surface area contributed by atoms with Crippen LogP contribution in [0.5, 0.6) is 5.75 Å². The van der Waals surface area contributed by atoms with Gasteiger partial charge in [0.1, 0.15) is 11.3 Å². The number of hydrogen-bond acceptors (Lipinski definition) is 2. The predicted molar refractivity (Wildman–Crippen MR) is 70.6 cm³/mol. The van der Waals surface area contributed by atoms with Gasteiger partial charge in [-0.2, -0.15) is 0 Å². The van der Waals surface area contributed by atoms with E-state index in [-0.39, 0.29) is 11.4 Å². The third kappa shape index (κ3) is 1.58. The molecule has 0 atom stereocenters. The number of H-pyrrole nitrogens is 1. The smallest absolute Gasteiger partial charge is 0.331 e. The van der Waals surface area contributed by atoms with Gasteiger partial charge >= 0.3 is 5.69 Å². The number of aromatic nitrogens is 2. The Labute approximate surface area is 107 Å². The average molecular weight is 261 g/mol. The van der Waals surface area contributed by atoms with Gasteiger partial charge in [0.2, 0.25) is 0 Å². The first-order valence-corrected chi connectivity index (χ1v) is 5.73. The molecule has 3 rings (SSSR count). The van der Waals surface area contributed by atoms with Crippen LogP contribution in [0, 0.1) is 0 Å². The van der Waals surface area contributed by atoms with Gasteiger partial charge in [-0.05, 0) is 36.4 Å². The Morgan fingerprint density at radius 1 is 1.11 bits per heavy atom. The highest BCUT2D eigenvalue weighted by molar-refractivity contribution is 6.30. The third-order valence-corrected chi connectivity index (χ3v) is 3.03. The number of fused-ring (bicyclic) bond motifs is 1. The minimum absolute atomic E-state index is 0.0531. The van der Waals surface area contributed by atoms with Gasteiger partial charge in [0.05, 0.1) is 11.2 Å². The maximum Gasteiger partial charge on any atom is 0.331 e. The highest BCUT2D eigenvalue weighted by atomic mass is 35.5. The van der Waals surface area contributed by atoms with Crippen molar-refractivity contribution in [1.82, 2.24) is 9.55 Å². The van der Waals surface area contributed by atoms with E-state index in [0.29, 0.717) is 21.7 Å². The van der Waals surface area contributed by atoms with Gasteiger partial charge in [-0.1, -0.05) is 17.7 Å². The first kappa shape index (κ1) is 10.9. The second-order valence-electron chi connectivity index (χ2n) is 3.91. The fourth-order valence-electron chi connectivity index (χ4n) is 1.96. The minimum atomic E-state index is -0.297. The van der Waals surface area contributed by atoms with Crippen LogP contribution in [-0.2, 0) is 0 Å². The summed E-state index contributed by atoms with van der Waals surface area (Å²) in [6.45, 7) is 0. The number of para-hydroxylation sites is 1. The summed E-state index contributed by atoms with van der Waals surface area (Å²) in [5.41, 5.74) is 1.45. The van der Waals surface area contributed by atoms with Crippen LogP contribution in [0.1, 0.15) is 0 Å². The molecule has 2 aromatic carbocycles. The number of phenols is 1. The Hall–Kier alpha value is -2.20. The summed E-state index contributed by atoms with van der Waals surface area (Å²) in [5, 5.41) is 10.3. The van der Waals surface area contributed by atoms with Gasteiger partial charge < -0.3 is 10.1 Å². The molecule has 0 spiro atoms. The molecule has 4 nitrogen and oxygen atoms in total. The summed E-state index contributed by atoms with van der Waals surface area (Å²) >= 11 is 5.82. The number of rotatable bonds is 1. The van der Waals surface area contributed by atoms with Crippen molar-refractivity contribution in [3.63, 3.8) is 0 Å². The maximum atomic E-state index is 11.9. The van der Waals surface area contributed by atoms with Crippen LogP contribution in [-0.4, -0.2) is 14.7 Å². The van der Waals surface area contributed by atoms with Crippen LogP contribution < -0.4 is 5.69 Å². The molecule has 0 bridgehead atoms. The lowest BCUT2D eigenvalue weighted by Crippen LogP contribution is -2.14. The standard InChI is InChI=1S/C13H9ClN2O2/c14-8-4-6-9(7-5-8)16-10-2-1-3-11(17)12(10)15-13(16)18/h1-7,17H,(H,15,18). The first-order chi connectivity index (χ1) is 8.66. The van der Waals surface area contributed by atoms with Gasteiger partial charge in [0.15, 0.2) is 0 Å². The van der Waals surface area contributed by atoms with Crippen molar-refractivity contribution < 1.29 is 5.11 Å². The lowest BCUT2D eigenvalue weighted by Gasteiger charge is -2.03. The maximum absolute atomic E-state index is 11.9. The Morgan fingerprint density at radius 3 is 2.56 bits per heavy atom. The van der Waals surface area contributed by atoms with Crippen LogP contribution in [0.25, 0.3) is 16.7 Å². The lowest BCUT2D eigenvalue weighted by atomic mass is 10.2. The molecule has 1 heterocycles. The van der Waals surface area contributed by atoms with Gasteiger partial charge in [0, 0.05) is 5.02 Å². The molecule has 0 saturated carbocycles. The number of nitrogens with zero attached hydrogens (tertiary/aromatic N) is 1. The topological polar surface area (TPSA) is 58.0 Å². The fourth-order valence-corrected chi connectivity index (χ4v) is 2.09. The van der Waals surface area contributed by atoms with Crippen molar-refractivity contribution >= 4 is 22.6 Å². The number of nitrogens with one attached hydrogen (secondary N) is 1. The normalized spacial score (nSPS) is 10.9. The summed E-state index contributed by atoms with van der Waals surface area (Å²) in [6.07, 6.45) is 0. The number of aromatic amines is 1. The average Bonchev–Trinajstić information content (AvgIpc) is 2.69. The highest BCUT2D eigenvalue weighted by Gasteiger charge is 2.10. The van der Waals surface area contributed by atoms with Crippen LogP contribution in [0.15, 0.2) is 47.3 Å². The molecule has 5 heteroatoms. The zero-order chi connectivity index (χ0) is 12.7. The monoisotopic (exact) mass is 260 g/mol. The number of phenolic OH excluding ortho intramolecular Hbond substituents is 1. The summed E-state index contributed by atoms with van der Waals surface area (Å²) < 4.78 is 1.49. The van der Waals surface area contributed by atoms with E-state index in [1.807, 2.05) is 0 Å². The van der Waals surface area contributed by atoms with E-state index < -0.39 is 0 Å². The first-order valence-electron chi connectivity index (χ1n) is 5.35. The Morgan fingerprint density at radius 2 is 1.83 bits per heavy atom. The van der Waals surface area contributed by atoms with E-state index in [4.69, 9.17) is 11.6 Å². The lowest BCUT2D eigenvalue weighted by molar-refractivity contribution is 0.480. The summed E-state index contributed by atoms with van der Waals surface area (Å²) in [7, 11) is 0. The largest absolute Gasteiger partial charge is 0.506 e. The van der Waals surface area contributed by atoms with E-state index in [1.165, 1.54) is 10.6 Å². The zero-order valence-corrected chi connectivity index (χ0v) is 9.98. The summed E-state index contributed by atoms with van der Waals surface area (Å²) in [5.74, 6) is 0.0531. The molecule has 0 aliphatic rings. The molecule has 0 unspecified atom stereocenters. The van der Waals surface area contributed by atoms with E-state index >= 15 is 0 Å². The van der Waals surface area contributed by atoms with Crippen LogP contribution in [0.3, 0.4) is 0 Å². The molecule has 0 saturated heterocycles. The van der Waals surface area contributed by atoms with Crippen LogP contribution >= 0.6 is 11.6 Å². The minimum Gasteiger partial charge on any atom is -0.506 e. The third-order valence-electron chi connectivity index (χ3n) is 2.78. The summed E-state index contributed by atoms with van der Waals surface area (Å²) in [6, 6.07) is 11.9. The van der Waals surface area contributed by atoms with Crippen molar-refractivity contribution in [2.45, 2.75) is 0 Å². The second kappa shape index (κ2) is 3.92. The van der Waals surface area contributed by atoms with E-state index in [1.54, 1.807) is 36.4 Å². The Kier molecular flexibility index (Phi) is 2.38. The molecular weight excluding hydrogens is 252 g/mol. The number of benzene rings is 2. The predicted octanol–water partition coefficient (Wildman–Crippen LogP) is 2.68. The van der Waals surface area contributed by atoms with E-state index in [0.717, 1.165) is 0 Å². The molecular formula is C13H9ClN2O2. The molecule has 0 fully saturated rings. The number of hydrogen-bond donors (Lipinski definition) is 2. The highest BCUT2D eigenvalue weighted by Crippen LogP contribution is 2.23. The summed E-state index contributed by atoms with van der Waals surface area (Å²) in [4.78, 5) is 14.6. The van der Waals surface area contributed by atoms with E-state index in [2.05, 4.69) is 4.98 Å². The van der Waals surface area contributed by atoms with Crippen molar-refractivity contribution in [1.29, 1.82) is 0 Å². The van der Waals surface area contributed by atoms with Gasteiger partial charge in [-0.15, -0.1) is 0 Å². The molecule has 0 aliphatic carbocycles. The molecule has 0 amide bonds. The quantitative estimate of drug-likeness (QED) is 0.707. The van der Waals surface area contributed by atoms with Crippen molar-refractivity contribution in [3.05, 3.63) is 58.0 Å². The Balaban J connectivity index is 2.35. The number of imidazole rings is 1. The number of halogens is 1. The van der Waals surface area contributed by atoms with Crippen LogP contribution in [0.2, 0.25) is 5.02 Å². The SMILES string of the molecule is O=c1[nH]c2c(O)cccc2n1-c1ccc(Cl)cc1. The molecule has 2 N–H and O–H groups in total. The van der Waals surface area contributed by atoms with Crippen molar-refractivity contribution in [2.75, 3.05) is 0 Å². The molecule has 90 valence electrons. The molecule has 0 radical (unpaired) electrons. The molecule has 18 heavy (non-hydrogen) atoms. The molecule has 0 aliphatic heterocycles. The second-order valence-corrected chi connectivity index (χ2v) is 4.35.